The SMILES string of the molecule is CCOc1nc2ccccc2nc1NCC1CCCNC1. The second-order valence-electron chi connectivity index (χ2n) is 5.39. The number of ether oxygens (including phenoxy) is 1. The fourth-order valence-corrected chi connectivity index (χ4v) is 2.68. The van der Waals surface area contributed by atoms with Crippen molar-refractivity contribution in [2.75, 3.05) is 31.6 Å². The van der Waals surface area contributed by atoms with Crippen LogP contribution in [0.2, 0.25) is 0 Å². The number of fused-ring (bicyclic) bond motifs is 1. The molecule has 5 heteroatoms. The van der Waals surface area contributed by atoms with Gasteiger partial charge in [0.1, 0.15) is 0 Å². The van der Waals surface area contributed by atoms with Crippen LogP contribution in [0, 0.1) is 5.92 Å². The molecule has 5 nitrogen and oxygen atoms in total. The maximum Gasteiger partial charge on any atom is 0.258 e. The van der Waals surface area contributed by atoms with Crippen LogP contribution in [-0.4, -0.2) is 36.2 Å². The van der Waals surface area contributed by atoms with Crippen LogP contribution < -0.4 is 15.4 Å². The van der Waals surface area contributed by atoms with Gasteiger partial charge in [-0.15, -0.1) is 0 Å². The van der Waals surface area contributed by atoms with Crippen LogP contribution in [0.25, 0.3) is 11.0 Å². The summed E-state index contributed by atoms with van der Waals surface area (Å²) in [6.07, 6.45) is 2.50. The van der Waals surface area contributed by atoms with E-state index in [1.807, 2.05) is 31.2 Å². The summed E-state index contributed by atoms with van der Waals surface area (Å²) in [6, 6.07) is 7.88. The first kappa shape index (κ1) is 14.1. The third-order valence-electron chi connectivity index (χ3n) is 3.78. The first-order valence-corrected chi connectivity index (χ1v) is 7.71. The van der Waals surface area contributed by atoms with Crippen molar-refractivity contribution in [3.63, 3.8) is 0 Å². The smallest absolute Gasteiger partial charge is 0.258 e. The predicted molar refractivity (Wildman–Crippen MR) is 84.8 cm³/mol. The van der Waals surface area contributed by atoms with Gasteiger partial charge in [0.15, 0.2) is 5.82 Å². The summed E-state index contributed by atoms with van der Waals surface area (Å²) in [5.41, 5.74) is 1.76. The molecule has 1 aromatic carbocycles. The lowest BCUT2D eigenvalue weighted by atomic mass is 10.00. The first-order valence-electron chi connectivity index (χ1n) is 7.71. The summed E-state index contributed by atoms with van der Waals surface area (Å²) in [6.45, 7) is 5.66. The Morgan fingerprint density at radius 1 is 1.29 bits per heavy atom. The average molecular weight is 286 g/mol. The van der Waals surface area contributed by atoms with Gasteiger partial charge in [-0.25, -0.2) is 9.97 Å². The number of rotatable bonds is 5. The summed E-state index contributed by atoms with van der Waals surface area (Å²) < 4.78 is 5.63. The van der Waals surface area contributed by atoms with E-state index in [9.17, 15) is 0 Å². The predicted octanol–water partition coefficient (Wildman–Crippen LogP) is 2.44. The van der Waals surface area contributed by atoms with Crippen LogP contribution in [0.5, 0.6) is 5.88 Å². The zero-order valence-corrected chi connectivity index (χ0v) is 12.4. The molecule has 21 heavy (non-hydrogen) atoms. The van der Waals surface area contributed by atoms with E-state index in [0.717, 1.165) is 36.5 Å². The lowest BCUT2D eigenvalue weighted by Crippen LogP contribution is -2.33. The quantitative estimate of drug-likeness (QED) is 0.884. The highest BCUT2D eigenvalue weighted by atomic mass is 16.5. The molecule has 0 spiro atoms. The Hall–Kier alpha value is -1.88. The number of aromatic nitrogens is 2. The minimum Gasteiger partial charge on any atom is -0.475 e. The minimum atomic E-state index is 0.590. The number of hydrogen-bond acceptors (Lipinski definition) is 5. The van der Waals surface area contributed by atoms with Crippen LogP contribution in [0.1, 0.15) is 19.8 Å². The Kier molecular flexibility index (Phi) is 4.50. The molecular formula is C16H22N4O. The molecule has 1 fully saturated rings. The van der Waals surface area contributed by atoms with Crippen LogP contribution in [-0.2, 0) is 0 Å². The van der Waals surface area contributed by atoms with E-state index < -0.39 is 0 Å². The lowest BCUT2D eigenvalue weighted by Gasteiger charge is -2.23. The molecule has 2 aromatic rings. The molecule has 1 aliphatic rings. The number of hydrogen-bond donors (Lipinski definition) is 2. The fraction of sp³-hybridized carbons (Fsp3) is 0.500. The maximum atomic E-state index is 5.63. The van der Waals surface area contributed by atoms with E-state index >= 15 is 0 Å². The Morgan fingerprint density at radius 3 is 2.81 bits per heavy atom. The number of piperidine rings is 1. The molecule has 0 aliphatic carbocycles. The Balaban J connectivity index is 1.79. The molecule has 1 aliphatic heterocycles. The molecule has 0 saturated carbocycles. The highest BCUT2D eigenvalue weighted by molar-refractivity contribution is 5.77. The van der Waals surface area contributed by atoms with E-state index in [-0.39, 0.29) is 0 Å². The molecular weight excluding hydrogens is 264 g/mol. The summed E-state index contributed by atoms with van der Waals surface area (Å²) in [5, 5.41) is 6.85. The van der Waals surface area contributed by atoms with Crippen LogP contribution in [0.3, 0.4) is 0 Å². The van der Waals surface area contributed by atoms with Crippen LogP contribution in [0.4, 0.5) is 5.82 Å². The van der Waals surface area contributed by atoms with Crippen molar-refractivity contribution in [3.8, 4) is 5.88 Å². The van der Waals surface area contributed by atoms with Crippen molar-refractivity contribution in [2.45, 2.75) is 19.8 Å². The van der Waals surface area contributed by atoms with Gasteiger partial charge >= 0.3 is 0 Å². The molecule has 1 saturated heterocycles. The second kappa shape index (κ2) is 6.72. The first-order chi connectivity index (χ1) is 10.4. The standard InChI is InChI=1S/C16H22N4O/c1-2-21-16-15(18-11-12-6-5-9-17-10-12)19-13-7-3-4-8-14(13)20-16/h3-4,7-8,12,17H,2,5-6,9-11H2,1H3,(H,18,19). The highest BCUT2D eigenvalue weighted by Gasteiger charge is 2.15. The lowest BCUT2D eigenvalue weighted by molar-refractivity contribution is 0.328. The van der Waals surface area contributed by atoms with Crippen LogP contribution >= 0.6 is 0 Å². The van der Waals surface area contributed by atoms with E-state index in [1.165, 1.54) is 12.8 Å². The highest BCUT2D eigenvalue weighted by Crippen LogP contribution is 2.24. The fourth-order valence-electron chi connectivity index (χ4n) is 2.68. The number of benzene rings is 1. The van der Waals surface area contributed by atoms with Crippen molar-refractivity contribution >= 4 is 16.9 Å². The zero-order valence-electron chi connectivity index (χ0n) is 12.4. The van der Waals surface area contributed by atoms with E-state index in [0.29, 0.717) is 18.4 Å². The monoisotopic (exact) mass is 286 g/mol. The molecule has 0 radical (unpaired) electrons. The largest absolute Gasteiger partial charge is 0.475 e. The molecule has 0 bridgehead atoms. The second-order valence-corrected chi connectivity index (χ2v) is 5.39. The molecule has 0 amide bonds. The van der Waals surface area contributed by atoms with Crippen LogP contribution in [0.15, 0.2) is 24.3 Å². The molecule has 1 aromatic heterocycles. The van der Waals surface area contributed by atoms with E-state index in [4.69, 9.17) is 4.74 Å². The van der Waals surface area contributed by atoms with E-state index in [2.05, 4.69) is 20.6 Å². The summed E-state index contributed by atoms with van der Waals surface area (Å²) in [5.74, 6) is 1.99. The summed E-state index contributed by atoms with van der Waals surface area (Å²) in [7, 11) is 0. The van der Waals surface area contributed by atoms with Gasteiger partial charge in [-0.2, -0.15) is 0 Å². The molecule has 3 rings (SSSR count). The third-order valence-corrected chi connectivity index (χ3v) is 3.78. The normalized spacial score (nSPS) is 18.6. The van der Waals surface area contributed by atoms with Gasteiger partial charge < -0.3 is 15.4 Å². The topological polar surface area (TPSA) is 59.1 Å². The van der Waals surface area contributed by atoms with Crippen molar-refractivity contribution in [2.24, 2.45) is 5.92 Å². The van der Waals surface area contributed by atoms with Gasteiger partial charge in [0.25, 0.3) is 5.88 Å². The van der Waals surface area contributed by atoms with Crippen molar-refractivity contribution in [1.29, 1.82) is 0 Å². The molecule has 112 valence electrons. The number of para-hydroxylation sites is 2. The van der Waals surface area contributed by atoms with Crippen molar-refractivity contribution in [1.82, 2.24) is 15.3 Å². The minimum absolute atomic E-state index is 0.590. The van der Waals surface area contributed by atoms with Crippen molar-refractivity contribution < 1.29 is 4.74 Å². The van der Waals surface area contributed by atoms with Gasteiger partial charge in [-0.05, 0) is 50.9 Å². The summed E-state index contributed by atoms with van der Waals surface area (Å²) >= 11 is 0. The summed E-state index contributed by atoms with van der Waals surface area (Å²) in [4.78, 5) is 9.22. The van der Waals surface area contributed by atoms with Gasteiger partial charge in [-0.3, -0.25) is 0 Å². The average Bonchev–Trinajstić information content (AvgIpc) is 2.54. The zero-order chi connectivity index (χ0) is 14.5. The molecule has 2 heterocycles. The van der Waals surface area contributed by atoms with Gasteiger partial charge in [0.2, 0.25) is 0 Å². The van der Waals surface area contributed by atoms with E-state index in [1.54, 1.807) is 0 Å². The Bertz CT molecular complexity index is 596. The Labute approximate surface area is 125 Å². The third kappa shape index (κ3) is 3.42. The Morgan fingerprint density at radius 2 is 2.10 bits per heavy atom. The maximum absolute atomic E-state index is 5.63. The van der Waals surface area contributed by atoms with Gasteiger partial charge in [0, 0.05) is 6.54 Å². The van der Waals surface area contributed by atoms with Gasteiger partial charge in [-0.1, -0.05) is 12.1 Å². The van der Waals surface area contributed by atoms with Crippen molar-refractivity contribution in [3.05, 3.63) is 24.3 Å². The molecule has 1 atom stereocenters. The number of anilines is 1. The van der Waals surface area contributed by atoms with Gasteiger partial charge in [0.05, 0.1) is 17.6 Å². The molecule has 1 unspecified atom stereocenters. The molecule has 2 N–H and O–H groups in total. The number of nitrogens with one attached hydrogen (secondary N) is 2. The number of nitrogens with zero attached hydrogens (tertiary/aromatic N) is 2.